The van der Waals surface area contributed by atoms with Crippen LogP contribution in [0.25, 0.3) is 16.7 Å². The van der Waals surface area contributed by atoms with Crippen molar-refractivity contribution in [3.05, 3.63) is 57.4 Å². The van der Waals surface area contributed by atoms with E-state index < -0.39 is 0 Å². The second-order valence-corrected chi connectivity index (χ2v) is 6.17. The average molecular weight is 397 g/mol. The zero-order valence-corrected chi connectivity index (χ0v) is 14.0. The molecule has 0 N–H and O–H groups in total. The molecule has 102 valence electrons. The van der Waals surface area contributed by atoms with E-state index in [0.29, 0.717) is 5.88 Å². The van der Waals surface area contributed by atoms with Gasteiger partial charge in [0.15, 0.2) is 0 Å². The number of nitrogens with zero attached hydrogens (tertiary/aromatic N) is 2. The minimum absolute atomic E-state index is 0.404. The Morgan fingerprint density at radius 3 is 2.80 bits per heavy atom. The van der Waals surface area contributed by atoms with Crippen molar-refractivity contribution in [2.24, 2.45) is 0 Å². The molecule has 0 aliphatic heterocycles. The van der Waals surface area contributed by atoms with Gasteiger partial charge in [-0.3, -0.25) is 4.57 Å². The summed E-state index contributed by atoms with van der Waals surface area (Å²) in [7, 11) is 0. The first-order chi connectivity index (χ1) is 9.72. The van der Waals surface area contributed by atoms with Gasteiger partial charge in [0.05, 0.1) is 16.9 Å². The molecule has 1 aromatic heterocycles. The van der Waals surface area contributed by atoms with Crippen molar-refractivity contribution in [1.29, 1.82) is 0 Å². The third kappa shape index (κ3) is 2.44. The monoisotopic (exact) mass is 396 g/mol. The lowest BCUT2D eigenvalue weighted by Crippen LogP contribution is -1.99. The van der Waals surface area contributed by atoms with Gasteiger partial charge < -0.3 is 0 Å². The summed E-state index contributed by atoms with van der Waals surface area (Å²) < 4.78 is 3.33. The summed E-state index contributed by atoms with van der Waals surface area (Å²) in [5.41, 5.74) is 4.54. The van der Waals surface area contributed by atoms with Crippen LogP contribution in [0.4, 0.5) is 0 Å². The molecule has 0 saturated heterocycles. The number of aryl methyl sites for hydroxylation is 1. The molecule has 0 fully saturated rings. The van der Waals surface area contributed by atoms with E-state index in [4.69, 9.17) is 11.6 Å². The number of fused-ring (bicyclic) bond motifs is 1. The molecule has 2 aromatic carbocycles. The van der Waals surface area contributed by atoms with E-state index in [1.165, 1.54) is 9.13 Å². The second-order valence-electron chi connectivity index (χ2n) is 4.65. The molecule has 0 amide bonds. The first-order valence-corrected chi connectivity index (χ1v) is 8.16. The number of halogens is 2. The van der Waals surface area contributed by atoms with Crippen LogP contribution in [0.2, 0.25) is 0 Å². The lowest BCUT2D eigenvalue weighted by Gasteiger charge is -2.09. The van der Waals surface area contributed by atoms with E-state index >= 15 is 0 Å². The third-order valence-electron chi connectivity index (χ3n) is 3.38. The summed E-state index contributed by atoms with van der Waals surface area (Å²) in [6, 6.07) is 14.8. The number of hydrogen-bond acceptors (Lipinski definition) is 1. The standard InChI is InChI=1S/C16H14ClIN2/c1-2-11-4-3-5-13(8-11)20-15-7-6-12(18)9-14(15)19-16(20)10-17/h3-9H,2,10H2,1H3. The zero-order valence-electron chi connectivity index (χ0n) is 11.1. The number of hydrogen-bond donors (Lipinski definition) is 0. The maximum Gasteiger partial charge on any atom is 0.129 e. The van der Waals surface area contributed by atoms with Crippen LogP contribution in [0.1, 0.15) is 18.3 Å². The zero-order chi connectivity index (χ0) is 14.1. The van der Waals surface area contributed by atoms with Gasteiger partial charge in [0, 0.05) is 9.26 Å². The predicted molar refractivity (Wildman–Crippen MR) is 92.7 cm³/mol. The van der Waals surface area contributed by atoms with E-state index in [2.05, 4.69) is 81.5 Å². The smallest absolute Gasteiger partial charge is 0.129 e. The first kappa shape index (κ1) is 13.9. The highest BCUT2D eigenvalue weighted by Gasteiger charge is 2.12. The molecule has 0 spiro atoms. The molecule has 0 aliphatic rings. The molecule has 3 aromatic rings. The van der Waals surface area contributed by atoms with Crippen LogP contribution < -0.4 is 0 Å². The molecular formula is C16H14ClIN2. The molecular weight excluding hydrogens is 383 g/mol. The van der Waals surface area contributed by atoms with Crippen molar-refractivity contribution in [3.8, 4) is 5.69 Å². The maximum atomic E-state index is 6.08. The summed E-state index contributed by atoms with van der Waals surface area (Å²) in [6.45, 7) is 2.16. The van der Waals surface area contributed by atoms with Crippen molar-refractivity contribution in [1.82, 2.24) is 9.55 Å². The van der Waals surface area contributed by atoms with Gasteiger partial charge in [-0.2, -0.15) is 0 Å². The quantitative estimate of drug-likeness (QED) is 0.453. The molecule has 0 unspecified atom stereocenters. The fourth-order valence-corrected chi connectivity index (χ4v) is 3.05. The van der Waals surface area contributed by atoms with Crippen molar-refractivity contribution in [2.45, 2.75) is 19.2 Å². The van der Waals surface area contributed by atoms with Crippen molar-refractivity contribution in [2.75, 3.05) is 0 Å². The summed E-state index contributed by atoms with van der Waals surface area (Å²) in [4.78, 5) is 4.65. The van der Waals surface area contributed by atoms with Crippen molar-refractivity contribution in [3.63, 3.8) is 0 Å². The molecule has 4 heteroatoms. The van der Waals surface area contributed by atoms with Gasteiger partial charge in [0.25, 0.3) is 0 Å². The Balaban J connectivity index is 2.28. The van der Waals surface area contributed by atoms with Crippen molar-refractivity contribution < 1.29 is 0 Å². The molecule has 0 radical (unpaired) electrons. The third-order valence-corrected chi connectivity index (χ3v) is 4.29. The Morgan fingerprint density at radius 2 is 2.05 bits per heavy atom. The van der Waals surface area contributed by atoms with Crippen LogP contribution in [-0.4, -0.2) is 9.55 Å². The van der Waals surface area contributed by atoms with Crippen LogP contribution in [0.5, 0.6) is 0 Å². The van der Waals surface area contributed by atoms with Crippen molar-refractivity contribution >= 4 is 45.2 Å². The van der Waals surface area contributed by atoms with Gasteiger partial charge >= 0.3 is 0 Å². The number of rotatable bonds is 3. The molecule has 0 saturated carbocycles. The lowest BCUT2D eigenvalue weighted by atomic mass is 10.1. The topological polar surface area (TPSA) is 17.8 Å². The number of imidazole rings is 1. The van der Waals surface area contributed by atoms with Crippen LogP contribution in [0, 0.1) is 3.57 Å². The Bertz CT molecular complexity index is 764. The van der Waals surface area contributed by atoms with E-state index in [1.807, 2.05) is 0 Å². The number of alkyl halides is 1. The van der Waals surface area contributed by atoms with Crippen LogP contribution in [0.3, 0.4) is 0 Å². The molecule has 0 aliphatic carbocycles. The van der Waals surface area contributed by atoms with E-state index in [1.54, 1.807) is 0 Å². The number of benzene rings is 2. The lowest BCUT2D eigenvalue weighted by molar-refractivity contribution is 0.975. The largest absolute Gasteiger partial charge is 0.295 e. The van der Waals surface area contributed by atoms with Gasteiger partial charge in [-0.15, -0.1) is 11.6 Å². The normalized spacial score (nSPS) is 11.2. The van der Waals surface area contributed by atoms with Crippen LogP contribution in [-0.2, 0) is 12.3 Å². The summed E-state index contributed by atoms with van der Waals surface area (Å²) in [6.07, 6.45) is 1.02. The Morgan fingerprint density at radius 1 is 1.20 bits per heavy atom. The Kier molecular flexibility index (Phi) is 3.98. The molecule has 20 heavy (non-hydrogen) atoms. The fourth-order valence-electron chi connectivity index (χ4n) is 2.40. The van der Waals surface area contributed by atoms with Gasteiger partial charge in [0.2, 0.25) is 0 Å². The van der Waals surface area contributed by atoms with E-state index in [9.17, 15) is 0 Å². The van der Waals surface area contributed by atoms with Gasteiger partial charge in [0.1, 0.15) is 5.82 Å². The first-order valence-electron chi connectivity index (χ1n) is 6.55. The highest BCUT2D eigenvalue weighted by molar-refractivity contribution is 14.1. The Labute approximate surface area is 136 Å². The molecule has 0 atom stereocenters. The number of aromatic nitrogens is 2. The summed E-state index contributed by atoms with van der Waals surface area (Å²) in [5, 5.41) is 0. The highest BCUT2D eigenvalue weighted by Crippen LogP contribution is 2.24. The minimum Gasteiger partial charge on any atom is -0.295 e. The van der Waals surface area contributed by atoms with Gasteiger partial charge in [-0.1, -0.05) is 19.1 Å². The second kappa shape index (κ2) is 5.74. The summed E-state index contributed by atoms with van der Waals surface area (Å²) >= 11 is 8.39. The van der Waals surface area contributed by atoms with E-state index in [-0.39, 0.29) is 0 Å². The predicted octanol–water partition coefficient (Wildman–Crippen LogP) is 4.93. The van der Waals surface area contributed by atoms with Gasteiger partial charge in [-0.05, 0) is 64.9 Å². The molecule has 0 bridgehead atoms. The van der Waals surface area contributed by atoms with E-state index in [0.717, 1.165) is 29.0 Å². The highest BCUT2D eigenvalue weighted by atomic mass is 127. The average Bonchev–Trinajstić information content (AvgIpc) is 2.84. The molecule has 2 nitrogen and oxygen atoms in total. The van der Waals surface area contributed by atoms with Crippen LogP contribution >= 0.6 is 34.2 Å². The molecule has 1 heterocycles. The van der Waals surface area contributed by atoms with Gasteiger partial charge in [-0.25, -0.2) is 4.98 Å². The minimum atomic E-state index is 0.404. The SMILES string of the molecule is CCc1cccc(-n2c(CCl)nc3cc(I)ccc32)c1. The summed E-state index contributed by atoms with van der Waals surface area (Å²) in [5.74, 6) is 1.29. The molecule has 3 rings (SSSR count). The maximum absolute atomic E-state index is 6.08. The van der Waals surface area contributed by atoms with Crippen LogP contribution in [0.15, 0.2) is 42.5 Å². The Hall–Kier alpha value is -1.07. The fraction of sp³-hybridized carbons (Fsp3) is 0.188.